The third kappa shape index (κ3) is 2.01. The minimum atomic E-state index is -1.05. The molecule has 0 unspecified atom stereocenters. The normalized spacial score (nSPS) is 10.1. The minimum absolute atomic E-state index is 0.0673. The lowest BCUT2D eigenvalue weighted by atomic mass is 10.1. The Bertz CT molecular complexity index is 529. The van der Waals surface area contributed by atoms with Crippen molar-refractivity contribution < 1.29 is 9.90 Å². The highest BCUT2D eigenvalue weighted by Gasteiger charge is 2.09. The van der Waals surface area contributed by atoms with E-state index in [9.17, 15) is 4.79 Å². The predicted octanol–water partition coefficient (Wildman–Crippen LogP) is 2.50. The highest BCUT2D eigenvalue weighted by molar-refractivity contribution is 6.33. The summed E-state index contributed by atoms with van der Waals surface area (Å²) in [5.74, 6) is -1.05. The Hall–Kier alpha value is -1.94. The van der Waals surface area contributed by atoms with Gasteiger partial charge >= 0.3 is 5.97 Å². The van der Waals surface area contributed by atoms with Crippen molar-refractivity contribution in [2.45, 2.75) is 0 Å². The molecule has 0 aliphatic carbocycles. The van der Waals surface area contributed by atoms with Crippen molar-refractivity contribution in [1.82, 2.24) is 9.97 Å². The van der Waals surface area contributed by atoms with Gasteiger partial charge in [0, 0.05) is 24.2 Å². The second kappa shape index (κ2) is 4.28. The molecule has 0 fully saturated rings. The van der Waals surface area contributed by atoms with Crippen LogP contribution in [0.4, 0.5) is 0 Å². The molecular weight excluding hydrogens is 228 g/mol. The van der Waals surface area contributed by atoms with Crippen LogP contribution in [0.3, 0.4) is 0 Å². The van der Waals surface area contributed by atoms with Gasteiger partial charge in [-0.3, -0.25) is 9.97 Å². The van der Waals surface area contributed by atoms with Crippen LogP contribution in [-0.2, 0) is 0 Å². The largest absolute Gasteiger partial charge is 0.478 e. The number of hydrogen-bond donors (Lipinski definition) is 1. The lowest BCUT2D eigenvalue weighted by Gasteiger charge is -2.03. The molecule has 16 heavy (non-hydrogen) atoms. The van der Waals surface area contributed by atoms with Gasteiger partial charge in [0.25, 0.3) is 0 Å². The van der Waals surface area contributed by atoms with Gasteiger partial charge in [-0.15, -0.1) is 0 Å². The van der Waals surface area contributed by atoms with Gasteiger partial charge in [-0.2, -0.15) is 0 Å². The number of pyridine rings is 2. The molecule has 0 aliphatic heterocycles. The van der Waals surface area contributed by atoms with Gasteiger partial charge in [0.15, 0.2) is 0 Å². The number of aromatic nitrogens is 2. The van der Waals surface area contributed by atoms with Crippen LogP contribution in [-0.4, -0.2) is 21.0 Å². The summed E-state index contributed by atoms with van der Waals surface area (Å²) in [6.45, 7) is 0. The summed E-state index contributed by atoms with van der Waals surface area (Å²) in [5.41, 5.74) is 1.35. The van der Waals surface area contributed by atoms with Gasteiger partial charge in [-0.05, 0) is 18.2 Å². The van der Waals surface area contributed by atoms with Crippen molar-refractivity contribution in [3.63, 3.8) is 0 Å². The predicted molar refractivity (Wildman–Crippen MR) is 59.4 cm³/mol. The van der Waals surface area contributed by atoms with Crippen LogP contribution in [0.1, 0.15) is 10.4 Å². The second-order valence-electron chi connectivity index (χ2n) is 3.10. The smallest absolute Gasteiger partial charge is 0.337 e. The summed E-state index contributed by atoms with van der Waals surface area (Å²) in [4.78, 5) is 18.7. The number of halogens is 1. The molecule has 1 N–H and O–H groups in total. The maximum absolute atomic E-state index is 10.7. The first-order valence-electron chi connectivity index (χ1n) is 4.47. The molecule has 0 saturated carbocycles. The highest BCUT2D eigenvalue weighted by atomic mass is 35.5. The van der Waals surface area contributed by atoms with E-state index in [1.807, 2.05) is 6.07 Å². The standard InChI is InChI=1S/C11H7ClN2O2/c12-9-4-8(11(15)16)6-14-10(9)7-2-1-3-13-5-7/h1-6H,(H,15,16). The van der Waals surface area contributed by atoms with Gasteiger partial charge in [-0.1, -0.05) is 11.6 Å². The van der Waals surface area contributed by atoms with Gasteiger partial charge < -0.3 is 5.11 Å². The number of nitrogens with zero attached hydrogens (tertiary/aromatic N) is 2. The minimum Gasteiger partial charge on any atom is -0.478 e. The molecule has 0 spiro atoms. The molecule has 0 saturated heterocycles. The van der Waals surface area contributed by atoms with E-state index < -0.39 is 5.97 Å². The summed E-state index contributed by atoms with van der Waals surface area (Å²) in [6, 6.07) is 4.94. The van der Waals surface area contributed by atoms with Crippen molar-refractivity contribution >= 4 is 17.6 Å². The van der Waals surface area contributed by atoms with Crippen LogP contribution in [0, 0.1) is 0 Å². The van der Waals surface area contributed by atoms with Crippen molar-refractivity contribution in [3.8, 4) is 11.3 Å². The fourth-order valence-corrected chi connectivity index (χ4v) is 1.55. The van der Waals surface area contributed by atoms with E-state index >= 15 is 0 Å². The van der Waals surface area contributed by atoms with Crippen molar-refractivity contribution in [2.75, 3.05) is 0 Å². The molecule has 0 bridgehead atoms. The van der Waals surface area contributed by atoms with E-state index in [2.05, 4.69) is 9.97 Å². The third-order valence-electron chi connectivity index (χ3n) is 2.02. The number of hydrogen-bond acceptors (Lipinski definition) is 3. The average Bonchev–Trinajstić information content (AvgIpc) is 2.30. The topological polar surface area (TPSA) is 63.1 Å². The number of carbonyl (C=O) groups is 1. The lowest BCUT2D eigenvalue weighted by Crippen LogP contribution is -1.98. The van der Waals surface area contributed by atoms with Gasteiger partial charge in [0.1, 0.15) is 0 Å². The Labute approximate surface area is 96.6 Å². The summed E-state index contributed by atoms with van der Waals surface area (Å²) in [5, 5.41) is 9.06. The first kappa shape index (κ1) is 10.6. The molecule has 80 valence electrons. The van der Waals surface area contributed by atoms with Crippen molar-refractivity contribution in [3.05, 3.63) is 47.4 Å². The number of carboxylic acid groups (broad SMARTS) is 1. The van der Waals surface area contributed by atoms with E-state index in [4.69, 9.17) is 16.7 Å². The van der Waals surface area contributed by atoms with E-state index in [-0.39, 0.29) is 5.56 Å². The molecule has 0 radical (unpaired) electrons. The Kier molecular flexibility index (Phi) is 2.83. The SMILES string of the molecule is O=C(O)c1cnc(-c2cccnc2)c(Cl)c1. The third-order valence-corrected chi connectivity index (χ3v) is 2.31. The molecule has 2 heterocycles. The summed E-state index contributed by atoms with van der Waals surface area (Å²) in [7, 11) is 0. The highest BCUT2D eigenvalue weighted by Crippen LogP contribution is 2.25. The van der Waals surface area contributed by atoms with Crippen molar-refractivity contribution in [1.29, 1.82) is 0 Å². The molecular formula is C11H7ClN2O2. The average molecular weight is 235 g/mol. The zero-order chi connectivity index (χ0) is 11.5. The fraction of sp³-hybridized carbons (Fsp3) is 0. The molecule has 4 nitrogen and oxygen atoms in total. The van der Waals surface area contributed by atoms with Gasteiger partial charge in [0.2, 0.25) is 0 Å². The molecule has 5 heteroatoms. The van der Waals surface area contributed by atoms with Crippen molar-refractivity contribution in [2.24, 2.45) is 0 Å². The molecule has 2 aromatic heterocycles. The number of carboxylic acids is 1. The second-order valence-corrected chi connectivity index (χ2v) is 3.51. The van der Waals surface area contributed by atoms with Crippen LogP contribution in [0.2, 0.25) is 5.02 Å². The number of aromatic carboxylic acids is 1. The first-order chi connectivity index (χ1) is 7.68. The van der Waals surface area contributed by atoms with E-state index in [1.165, 1.54) is 12.3 Å². The zero-order valence-corrected chi connectivity index (χ0v) is 8.85. The first-order valence-corrected chi connectivity index (χ1v) is 4.85. The molecule has 2 aromatic rings. The molecule has 0 aliphatic rings. The van der Waals surface area contributed by atoms with E-state index in [0.29, 0.717) is 10.7 Å². The molecule has 2 rings (SSSR count). The number of rotatable bonds is 2. The van der Waals surface area contributed by atoms with Crippen LogP contribution in [0.25, 0.3) is 11.3 Å². The van der Waals surface area contributed by atoms with Gasteiger partial charge in [0.05, 0.1) is 16.3 Å². The maximum Gasteiger partial charge on any atom is 0.337 e. The molecule has 0 aromatic carbocycles. The Morgan fingerprint density at radius 3 is 2.75 bits per heavy atom. The lowest BCUT2D eigenvalue weighted by molar-refractivity contribution is 0.0696. The van der Waals surface area contributed by atoms with Crippen LogP contribution in [0.15, 0.2) is 36.8 Å². The van der Waals surface area contributed by atoms with Crippen LogP contribution >= 0.6 is 11.6 Å². The zero-order valence-electron chi connectivity index (χ0n) is 8.09. The Balaban J connectivity index is 2.48. The van der Waals surface area contributed by atoms with Crippen LogP contribution in [0.5, 0.6) is 0 Å². The van der Waals surface area contributed by atoms with Crippen LogP contribution < -0.4 is 0 Å². The Morgan fingerprint density at radius 2 is 2.19 bits per heavy atom. The summed E-state index contributed by atoms with van der Waals surface area (Å²) >= 11 is 5.95. The van der Waals surface area contributed by atoms with E-state index in [1.54, 1.807) is 18.5 Å². The summed E-state index contributed by atoms with van der Waals surface area (Å²) in [6.07, 6.45) is 4.54. The Morgan fingerprint density at radius 1 is 1.38 bits per heavy atom. The maximum atomic E-state index is 10.7. The summed E-state index contributed by atoms with van der Waals surface area (Å²) < 4.78 is 0. The van der Waals surface area contributed by atoms with E-state index in [0.717, 1.165) is 5.56 Å². The van der Waals surface area contributed by atoms with Gasteiger partial charge in [-0.25, -0.2) is 4.79 Å². The monoisotopic (exact) mass is 234 g/mol. The quantitative estimate of drug-likeness (QED) is 0.867. The fourth-order valence-electron chi connectivity index (χ4n) is 1.27. The molecule has 0 atom stereocenters. The molecule has 0 amide bonds.